The first-order valence-corrected chi connectivity index (χ1v) is 9.26. The molecule has 0 spiro atoms. The molecule has 0 aliphatic carbocycles. The van der Waals surface area contributed by atoms with E-state index in [2.05, 4.69) is 5.32 Å². The van der Waals surface area contributed by atoms with Gasteiger partial charge in [-0.25, -0.2) is 4.79 Å². The lowest BCUT2D eigenvalue weighted by molar-refractivity contribution is -0.133. The SMILES string of the molecule is CO/C=C(/C(=O)OC)c1ccccc1COc1cccc(OCCNCCO)c1. The van der Waals surface area contributed by atoms with Gasteiger partial charge in [0.05, 0.1) is 27.1 Å². The molecule has 0 aliphatic heterocycles. The van der Waals surface area contributed by atoms with Crippen LogP contribution in [0.3, 0.4) is 0 Å². The molecule has 7 heteroatoms. The molecule has 0 bridgehead atoms. The molecule has 0 unspecified atom stereocenters. The monoisotopic (exact) mass is 401 g/mol. The normalized spacial score (nSPS) is 11.1. The van der Waals surface area contributed by atoms with E-state index in [1.54, 1.807) is 6.07 Å². The summed E-state index contributed by atoms with van der Waals surface area (Å²) in [4.78, 5) is 12.1. The maximum Gasteiger partial charge on any atom is 0.341 e. The van der Waals surface area contributed by atoms with Gasteiger partial charge in [-0.3, -0.25) is 0 Å². The predicted molar refractivity (Wildman–Crippen MR) is 110 cm³/mol. The number of nitrogens with one attached hydrogen (secondary N) is 1. The van der Waals surface area contributed by atoms with Crippen LogP contribution in [0.2, 0.25) is 0 Å². The Labute approximate surface area is 170 Å². The molecule has 0 atom stereocenters. The number of benzene rings is 2. The fourth-order valence-electron chi connectivity index (χ4n) is 2.62. The van der Waals surface area contributed by atoms with E-state index in [1.807, 2.05) is 42.5 Å². The Balaban J connectivity index is 2.04. The Bertz CT molecular complexity index is 805. The third kappa shape index (κ3) is 7.14. The van der Waals surface area contributed by atoms with Crippen LogP contribution in [0.25, 0.3) is 5.57 Å². The quantitative estimate of drug-likeness (QED) is 0.244. The van der Waals surface area contributed by atoms with E-state index < -0.39 is 5.97 Å². The van der Waals surface area contributed by atoms with Gasteiger partial charge < -0.3 is 29.4 Å². The largest absolute Gasteiger partial charge is 0.503 e. The Morgan fingerprint density at radius 2 is 1.79 bits per heavy atom. The summed E-state index contributed by atoms with van der Waals surface area (Å²) in [6, 6.07) is 14.8. The fraction of sp³-hybridized carbons (Fsp3) is 0.318. The van der Waals surface area contributed by atoms with Gasteiger partial charge in [0.15, 0.2) is 0 Å². The summed E-state index contributed by atoms with van der Waals surface area (Å²) in [5, 5.41) is 11.8. The van der Waals surface area contributed by atoms with Gasteiger partial charge in [-0.05, 0) is 23.3 Å². The molecule has 0 radical (unpaired) electrons. The highest BCUT2D eigenvalue weighted by atomic mass is 16.5. The average molecular weight is 401 g/mol. The van der Waals surface area contributed by atoms with E-state index in [0.29, 0.717) is 42.3 Å². The molecule has 2 aromatic rings. The first-order valence-electron chi connectivity index (χ1n) is 9.26. The Morgan fingerprint density at radius 3 is 2.52 bits per heavy atom. The summed E-state index contributed by atoms with van der Waals surface area (Å²) in [6.45, 7) is 2.02. The van der Waals surface area contributed by atoms with Crippen LogP contribution in [-0.4, -0.2) is 51.6 Å². The lowest BCUT2D eigenvalue weighted by Gasteiger charge is -2.13. The van der Waals surface area contributed by atoms with Gasteiger partial charge in [0.2, 0.25) is 0 Å². The van der Waals surface area contributed by atoms with E-state index >= 15 is 0 Å². The Morgan fingerprint density at radius 1 is 1.03 bits per heavy atom. The third-order valence-corrected chi connectivity index (χ3v) is 3.98. The Hall–Kier alpha value is -3.03. The minimum atomic E-state index is -0.482. The van der Waals surface area contributed by atoms with Gasteiger partial charge in [0.1, 0.15) is 30.3 Å². The number of esters is 1. The molecule has 0 fully saturated rings. The van der Waals surface area contributed by atoms with Crippen LogP contribution in [-0.2, 0) is 20.9 Å². The summed E-state index contributed by atoms with van der Waals surface area (Å²) in [5.74, 6) is 0.858. The van der Waals surface area contributed by atoms with Crippen LogP contribution >= 0.6 is 0 Å². The number of carbonyl (C=O) groups excluding carboxylic acids is 1. The maximum absolute atomic E-state index is 12.1. The zero-order valence-corrected chi connectivity index (χ0v) is 16.7. The van der Waals surface area contributed by atoms with Crippen LogP contribution in [0.1, 0.15) is 11.1 Å². The van der Waals surface area contributed by atoms with Crippen molar-refractivity contribution in [3.8, 4) is 11.5 Å². The highest BCUT2D eigenvalue weighted by Gasteiger charge is 2.16. The van der Waals surface area contributed by atoms with Gasteiger partial charge in [0.25, 0.3) is 0 Å². The third-order valence-electron chi connectivity index (χ3n) is 3.98. The molecule has 156 valence electrons. The molecule has 2 N–H and O–H groups in total. The standard InChI is InChI=1S/C22H27NO6/c1-26-16-21(22(25)27-2)20-9-4-3-6-17(20)15-29-19-8-5-7-18(14-19)28-13-11-23-10-12-24/h3-9,14,16,23-24H,10-13,15H2,1-2H3/b21-16+. The van der Waals surface area contributed by atoms with Crippen molar-refractivity contribution in [1.29, 1.82) is 0 Å². The molecule has 7 nitrogen and oxygen atoms in total. The van der Waals surface area contributed by atoms with E-state index in [-0.39, 0.29) is 13.2 Å². The van der Waals surface area contributed by atoms with E-state index in [4.69, 9.17) is 24.1 Å². The van der Waals surface area contributed by atoms with Crippen molar-refractivity contribution in [2.45, 2.75) is 6.61 Å². The molecular formula is C22H27NO6. The van der Waals surface area contributed by atoms with Crippen LogP contribution in [0.5, 0.6) is 11.5 Å². The van der Waals surface area contributed by atoms with Crippen LogP contribution < -0.4 is 14.8 Å². The van der Waals surface area contributed by atoms with Crippen molar-refractivity contribution in [3.63, 3.8) is 0 Å². The molecule has 0 aromatic heterocycles. The van der Waals surface area contributed by atoms with E-state index in [9.17, 15) is 4.79 Å². The number of hydrogen-bond donors (Lipinski definition) is 2. The molecular weight excluding hydrogens is 374 g/mol. The second-order valence-corrected chi connectivity index (χ2v) is 6.00. The Kier molecular flexibility index (Phi) is 9.54. The fourth-order valence-corrected chi connectivity index (χ4v) is 2.62. The zero-order chi connectivity index (χ0) is 20.9. The number of methoxy groups -OCH3 is 2. The molecule has 0 aliphatic rings. The maximum atomic E-state index is 12.1. The smallest absolute Gasteiger partial charge is 0.341 e. The molecule has 0 saturated heterocycles. The summed E-state index contributed by atoms with van der Waals surface area (Å²) < 4.78 is 21.5. The van der Waals surface area contributed by atoms with Crippen molar-refractivity contribution in [2.75, 3.05) is 40.5 Å². The van der Waals surface area contributed by atoms with Crippen molar-refractivity contribution < 1.29 is 28.8 Å². The summed E-state index contributed by atoms with van der Waals surface area (Å²) in [5.41, 5.74) is 1.82. The predicted octanol–water partition coefficient (Wildman–Crippen LogP) is 2.39. The van der Waals surface area contributed by atoms with Crippen molar-refractivity contribution in [2.24, 2.45) is 0 Å². The highest BCUT2D eigenvalue weighted by Crippen LogP contribution is 2.24. The van der Waals surface area contributed by atoms with Gasteiger partial charge >= 0.3 is 5.97 Å². The van der Waals surface area contributed by atoms with Crippen LogP contribution in [0.4, 0.5) is 0 Å². The number of hydrogen-bond acceptors (Lipinski definition) is 7. The minimum Gasteiger partial charge on any atom is -0.503 e. The topological polar surface area (TPSA) is 86.3 Å². The summed E-state index contributed by atoms with van der Waals surface area (Å²) in [6.07, 6.45) is 1.37. The number of rotatable bonds is 12. The number of aliphatic hydroxyl groups is 1. The first-order chi connectivity index (χ1) is 14.2. The van der Waals surface area contributed by atoms with Gasteiger partial charge in [-0.1, -0.05) is 30.3 Å². The summed E-state index contributed by atoms with van der Waals surface area (Å²) >= 11 is 0. The molecule has 29 heavy (non-hydrogen) atoms. The van der Waals surface area contributed by atoms with Crippen molar-refractivity contribution in [3.05, 3.63) is 65.9 Å². The van der Waals surface area contributed by atoms with Crippen LogP contribution in [0.15, 0.2) is 54.8 Å². The second-order valence-electron chi connectivity index (χ2n) is 6.00. The minimum absolute atomic E-state index is 0.0993. The number of carbonyl (C=O) groups is 1. The number of ether oxygens (including phenoxy) is 4. The van der Waals surface area contributed by atoms with Crippen molar-refractivity contribution >= 4 is 11.5 Å². The van der Waals surface area contributed by atoms with E-state index in [1.165, 1.54) is 20.5 Å². The van der Waals surface area contributed by atoms with Gasteiger partial charge in [-0.2, -0.15) is 0 Å². The van der Waals surface area contributed by atoms with E-state index in [0.717, 1.165) is 5.56 Å². The average Bonchev–Trinajstić information content (AvgIpc) is 2.76. The lowest BCUT2D eigenvalue weighted by Crippen LogP contribution is -2.23. The highest BCUT2D eigenvalue weighted by molar-refractivity contribution is 6.16. The second kappa shape index (κ2) is 12.4. The molecule has 0 heterocycles. The van der Waals surface area contributed by atoms with Crippen molar-refractivity contribution in [1.82, 2.24) is 5.32 Å². The first kappa shape index (κ1) is 22.3. The molecule has 0 amide bonds. The zero-order valence-electron chi connectivity index (χ0n) is 16.7. The van der Waals surface area contributed by atoms with Crippen LogP contribution in [0, 0.1) is 0 Å². The van der Waals surface area contributed by atoms with Gasteiger partial charge in [-0.15, -0.1) is 0 Å². The molecule has 2 rings (SSSR count). The molecule has 0 saturated carbocycles. The number of aliphatic hydroxyl groups excluding tert-OH is 1. The molecule has 2 aromatic carbocycles. The summed E-state index contributed by atoms with van der Waals surface area (Å²) in [7, 11) is 2.81. The lowest BCUT2D eigenvalue weighted by atomic mass is 10.0. The van der Waals surface area contributed by atoms with Gasteiger partial charge in [0, 0.05) is 19.2 Å².